The van der Waals surface area contributed by atoms with Gasteiger partial charge in [-0.25, -0.2) is 4.98 Å². The van der Waals surface area contributed by atoms with Crippen molar-refractivity contribution in [3.05, 3.63) is 36.7 Å². The van der Waals surface area contributed by atoms with Crippen LogP contribution < -0.4 is 10.6 Å². The minimum Gasteiger partial charge on any atom is -0.344 e. The average molecular weight is 326 g/mol. The molecule has 1 atom stereocenters. The molecule has 1 aliphatic rings. The van der Waals surface area contributed by atoms with Gasteiger partial charge in [0.05, 0.1) is 0 Å². The number of nitrogens with zero attached hydrogens (tertiary/aromatic N) is 2. The van der Waals surface area contributed by atoms with Crippen LogP contribution in [0.4, 0.5) is 5.69 Å². The Labute approximate surface area is 141 Å². The van der Waals surface area contributed by atoms with E-state index in [9.17, 15) is 9.59 Å². The number of hydrogen-bond acceptors (Lipinski definition) is 3. The molecule has 24 heavy (non-hydrogen) atoms. The Balaban J connectivity index is 1.73. The zero-order valence-corrected chi connectivity index (χ0v) is 13.8. The summed E-state index contributed by atoms with van der Waals surface area (Å²) in [4.78, 5) is 27.9. The summed E-state index contributed by atoms with van der Waals surface area (Å²) in [5.41, 5.74) is 1.67. The zero-order valence-electron chi connectivity index (χ0n) is 13.8. The highest BCUT2D eigenvalue weighted by Gasteiger charge is 2.27. The van der Waals surface area contributed by atoms with Gasteiger partial charge in [-0.1, -0.05) is 25.5 Å². The Morgan fingerprint density at radius 2 is 2.33 bits per heavy atom. The molecule has 0 bridgehead atoms. The first-order chi connectivity index (χ1) is 11.7. The molecule has 2 aromatic rings. The van der Waals surface area contributed by atoms with Gasteiger partial charge >= 0.3 is 0 Å². The molecule has 0 radical (unpaired) electrons. The van der Waals surface area contributed by atoms with Gasteiger partial charge in [0.25, 0.3) is 0 Å². The molecule has 2 heterocycles. The molecule has 0 saturated carbocycles. The quantitative estimate of drug-likeness (QED) is 0.856. The molecule has 6 nitrogen and oxygen atoms in total. The highest BCUT2D eigenvalue weighted by Crippen LogP contribution is 2.22. The number of carbonyl (C=O) groups excluding carboxylic acids is 2. The smallest absolute Gasteiger partial charge is 0.246 e. The van der Waals surface area contributed by atoms with Crippen molar-refractivity contribution >= 4 is 17.5 Å². The molecule has 1 unspecified atom stereocenters. The fraction of sp³-hybridized carbons (Fsp3) is 0.389. The number of amides is 2. The van der Waals surface area contributed by atoms with E-state index >= 15 is 0 Å². The first-order valence-electron chi connectivity index (χ1n) is 8.39. The van der Waals surface area contributed by atoms with Gasteiger partial charge < -0.3 is 15.2 Å². The number of rotatable bonds is 6. The standard InChI is InChI=1S/C18H22N4O2/c1-2-3-10-22-11-9-19-17(22)13-5-4-6-14(12-13)20-18(24)15-7-8-16(23)21-15/h4-6,9,11-12,15H,2-3,7-8,10H2,1H3,(H,20,24)(H,21,23). The summed E-state index contributed by atoms with van der Waals surface area (Å²) in [6, 6.07) is 7.21. The summed E-state index contributed by atoms with van der Waals surface area (Å²) >= 11 is 0. The van der Waals surface area contributed by atoms with Crippen molar-refractivity contribution in [2.75, 3.05) is 5.32 Å². The van der Waals surface area contributed by atoms with Crippen molar-refractivity contribution in [1.82, 2.24) is 14.9 Å². The molecule has 0 spiro atoms. The molecule has 6 heteroatoms. The SMILES string of the molecule is CCCCn1ccnc1-c1cccc(NC(=O)C2CCC(=O)N2)c1. The Morgan fingerprint density at radius 1 is 1.46 bits per heavy atom. The van der Waals surface area contributed by atoms with Crippen molar-refractivity contribution < 1.29 is 9.59 Å². The van der Waals surface area contributed by atoms with Gasteiger partial charge in [-0.15, -0.1) is 0 Å². The van der Waals surface area contributed by atoms with Crippen molar-refractivity contribution in [3.8, 4) is 11.4 Å². The Morgan fingerprint density at radius 3 is 3.08 bits per heavy atom. The zero-order chi connectivity index (χ0) is 16.9. The molecule has 1 aromatic carbocycles. The lowest BCUT2D eigenvalue weighted by Gasteiger charge is -2.12. The summed E-state index contributed by atoms with van der Waals surface area (Å²) < 4.78 is 2.13. The number of nitrogens with one attached hydrogen (secondary N) is 2. The maximum Gasteiger partial charge on any atom is 0.246 e. The Hall–Kier alpha value is -2.63. The lowest BCUT2D eigenvalue weighted by molar-refractivity contribution is -0.122. The van der Waals surface area contributed by atoms with Crippen LogP contribution >= 0.6 is 0 Å². The van der Waals surface area contributed by atoms with Crippen LogP contribution in [0, 0.1) is 0 Å². The predicted molar refractivity (Wildman–Crippen MR) is 92.4 cm³/mol. The lowest BCUT2D eigenvalue weighted by Crippen LogP contribution is -2.37. The number of aryl methyl sites for hydroxylation is 1. The number of carbonyl (C=O) groups is 2. The van der Waals surface area contributed by atoms with Crippen LogP contribution in [0.2, 0.25) is 0 Å². The molecular formula is C18H22N4O2. The van der Waals surface area contributed by atoms with Crippen LogP contribution in [-0.4, -0.2) is 27.4 Å². The van der Waals surface area contributed by atoms with Crippen LogP contribution in [0.25, 0.3) is 11.4 Å². The monoisotopic (exact) mass is 326 g/mol. The van der Waals surface area contributed by atoms with Crippen molar-refractivity contribution in [2.45, 2.75) is 45.2 Å². The lowest BCUT2D eigenvalue weighted by atomic mass is 10.1. The van der Waals surface area contributed by atoms with Gasteiger partial charge in [0.1, 0.15) is 11.9 Å². The number of unbranched alkanes of at least 4 members (excludes halogenated alkanes) is 1. The maximum absolute atomic E-state index is 12.2. The third-order valence-electron chi connectivity index (χ3n) is 4.17. The van der Waals surface area contributed by atoms with E-state index in [0.29, 0.717) is 18.5 Å². The molecule has 0 aliphatic carbocycles. The van der Waals surface area contributed by atoms with E-state index in [2.05, 4.69) is 27.1 Å². The van der Waals surface area contributed by atoms with E-state index < -0.39 is 6.04 Å². The molecule has 1 saturated heterocycles. The van der Waals surface area contributed by atoms with Crippen LogP contribution in [0.3, 0.4) is 0 Å². The van der Waals surface area contributed by atoms with E-state index in [1.54, 1.807) is 6.20 Å². The highest BCUT2D eigenvalue weighted by atomic mass is 16.2. The first kappa shape index (κ1) is 16.2. The predicted octanol–water partition coefficient (Wildman–Crippen LogP) is 2.57. The van der Waals surface area contributed by atoms with Crippen LogP contribution in [0.1, 0.15) is 32.6 Å². The molecule has 1 aromatic heterocycles. The normalized spacial score (nSPS) is 16.9. The third kappa shape index (κ3) is 3.64. The third-order valence-corrected chi connectivity index (χ3v) is 4.17. The van der Waals surface area contributed by atoms with Crippen LogP contribution in [0.15, 0.2) is 36.7 Å². The second kappa shape index (κ2) is 7.29. The first-order valence-corrected chi connectivity index (χ1v) is 8.39. The van der Waals surface area contributed by atoms with E-state index in [1.807, 2.05) is 30.5 Å². The summed E-state index contributed by atoms with van der Waals surface area (Å²) in [6.45, 7) is 3.09. The van der Waals surface area contributed by atoms with Gasteiger partial charge in [-0.05, 0) is 25.0 Å². The topological polar surface area (TPSA) is 76.0 Å². The van der Waals surface area contributed by atoms with Gasteiger partial charge in [-0.3, -0.25) is 9.59 Å². The van der Waals surface area contributed by atoms with Crippen LogP contribution in [0.5, 0.6) is 0 Å². The molecule has 1 fully saturated rings. The van der Waals surface area contributed by atoms with Gasteiger partial charge in [0.2, 0.25) is 11.8 Å². The van der Waals surface area contributed by atoms with Crippen molar-refractivity contribution in [3.63, 3.8) is 0 Å². The average Bonchev–Trinajstić information content (AvgIpc) is 3.22. The number of benzene rings is 1. The summed E-state index contributed by atoms with van der Waals surface area (Å²) in [5.74, 6) is 0.655. The molecular weight excluding hydrogens is 304 g/mol. The highest BCUT2D eigenvalue weighted by molar-refractivity contribution is 5.99. The van der Waals surface area contributed by atoms with Crippen molar-refractivity contribution in [1.29, 1.82) is 0 Å². The molecule has 1 aliphatic heterocycles. The Kier molecular flexibility index (Phi) is 4.93. The number of aromatic nitrogens is 2. The van der Waals surface area contributed by atoms with Gasteiger partial charge in [0.15, 0.2) is 0 Å². The minimum absolute atomic E-state index is 0.0677. The second-order valence-corrected chi connectivity index (χ2v) is 6.03. The number of imidazole rings is 1. The second-order valence-electron chi connectivity index (χ2n) is 6.03. The van der Waals surface area contributed by atoms with E-state index in [4.69, 9.17) is 0 Å². The largest absolute Gasteiger partial charge is 0.344 e. The molecule has 3 rings (SSSR count). The summed E-state index contributed by atoms with van der Waals surface area (Å²) in [6.07, 6.45) is 6.95. The molecule has 2 N–H and O–H groups in total. The van der Waals surface area contributed by atoms with E-state index in [1.165, 1.54) is 0 Å². The maximum atomic E-state index is 12.2. The number of hydrogen-bond donors (Lipinski definition) is 2. The summed E-state index contributed by atoms with van der Waals surface area (Å²) in [7, 11) is 0. The van der Waals surface area contributed by atoms with Crippen LogP contribution in [-0.2, 0) is 16.1 Å². The fourth-order valence-electron chi connectivity index (χ4n) is 2.85. The van der Waals surface area contributed by atoms with Gasteiger partial charge in [0, 0.05) is 36.6 Å². The van der Waals surface area contributed by atoms with E-state index in [0.717, 1.165) is 30.8 Å². The van der Waals surface area contributed by atoms with Gasteiger partial charge in [-0.2, -0.15) is 0 Å². The van der Waals surface area contributed by atoms with Crippen molar-refractivity contribution in [2.24, 2.45) is 0 Å². The van der Waals surface area contributed by atoms with E-state index in [-0.39, 0.29) is 11.8 Å². The molecule has 126 valence electrons. The number of anilines is 1. The fourth-order valence-corrected chi connectivity index (χ4v) is 2.85. The summed E-state index contributed by atoms with van der Waals surface area (Å²) in [5, 5.41) is 5.56. The Bertz CT molecular complexity index is 738. The molecule has 2 amide bonds. The minimum atomic E-state index is -0.437.